The van der Waals surface area contributed by atoms with Crippen molar-refractivity contribution in [2.24, 2.45) is 4.99 Å². The van der Waals surface area contributed by atoms with Gasteiger partial charge in [0.15, 0.2) is 0 Å². The normalized spacial score (nSPS) is 18.5. The Morgan fingerprint density at radius 1 is 1.50 bits per heavy atom. The number of rotatable bonds is 0. The van der Waals surface area contributed by atoms with Crippen molar-refractivity contribution in [2.75, 3.05) is 0 Å². The molecule has 2 heteroatoms. The molecular weight excluding hydrogens is 102 g/mol. The number of amides is 1. The molecule has 1 aliphatic rings. The molecule has 1 rings (SSSR count). The van der Waals surface area contributed by atoms with Crippen molar-refractivity contribution in [1.82, 2.24) is 0 Å². The van der Waals surface area contributed by atoms with Crippen LogP contribution in [0.25, 0.3) is 0 Å². The fraction of sp³-hybridized carbons (Fsp3) is 0.333. The molecule has 1 aliphatic heterocycles. The van der Waals surface area contributed by atoms with Crippen LogP contribution in [0.4, 0.5) is 0 Å². The zero-order valence-electron chi connectivity index (χ0n) is 4.93. The van der Waals surface area contributed by atoms with E-state index in [2.05, 4.69) is 4.99 Å². The molecule has 0 aromatic heterocycles. The van der Waals surface area contributed by atoms with Gasteiger partial charge >= 0.3 is 0 Å². The molecule has 1 amide bonds. The summed E-state index contributed by atoms with van der Waals surface area (Å²) < 4.78 is 0. The molecule has 0 saturated heterocycles. The van der Waals surface area contributed by atoms with E-state index < -0.39 is 0 Å². The van der Waals surface area contributed by atoms with Crippen LogP contribution in [0.3, 0.4) is 0 Å². The molecule has 0 spiro atoms. The zero-order valence-corrected chi connectivity index (χ0v) is 4.93. The minimum atomic E-state index is -0.0949. The first-order valence-corrected chi connectivity index (χ1v) is 2.47. The summed E-state index contributed by atoms with van der Waals surface area (Å²) >= 11 is 0. The van der Waals surface area contributed by atoms with Crippen LogP contribution in [0.5, 0.6) is 0 Å². The lowest BCUT2D eigenvalue weighted by atomic mass is 10.2. The molecule has 0 atom stereocenters. The number of hydrogen-bond acceptors (Lipinski definition) is 1. The van der Waals surface area contributed by atoms with Crippen molar-refractivity contribution in [3.05, 3.63) is 11.1 Å². The Bertz CT molecular complexity index is 185. The van der Waals surface area contributed by atoms with Crippen LogP contribution in [0.2, 0.25) is 0 Å². The van der Waals surface area contributed by atoms with Crippen molar-refractivity contribution < 1.29 is 4.79 Å². The van der Waals surface area contributed by atoms with Crippen LogP contribution in [0.1, 0.15) is 13.8 Å². The third-order valence-electron chi connectivity index (χ3n) is 1.29. The van der Waals surface area contributed by atoms with Crippen LogP contribution >= 0.6 is 0 Å². The molecule has 42 valence electrons. The fourth-order valence-corrected chi connectivity index (χ4v) is 0.518. The number of carbonyl (C=O) groups excluding carboxylic acids is 1. The highest BCUT2D eigenvalue weighted by atomic mass is 16.1. The number of allylic oxidation sites excluding steroid dienone is 1. The predicted octanol–water partition coefficient (Wildman–Crippen LogP) is 0.934. The van der Waals surface area contributed by atoms with Gasteiger partial charge in [-0.2, -0.15) is 0 Å². The van der Waals surface area contributed by atoms with E-state index in [1.54, 1.807) is 13.1 Å². The molecular formula is C6H7NO. The lowest BCUT2D eigenvalue weighted by Gasteiger charge is -1.84. The molecule has 1 heterocycles. The third-order valence-corrected chi connectivity index (χ3v) is 1.29. The largest absolute Gasteiger partial charge is 0.272 e. The summed E-state index contributed by atoms with van der Waals surface area (Å²) in [6.07, 6.45) is 1.59. The highest BCUT2D eigenvalue weighted by molar-refractivity contribution is 6.09. The maximum absolute atomic E-state index is 10.5. The predicted molar refractivity (Wildman–Crippen MR) is 31.9 cm³/mol. The molecule has 0 unspecified atom stereocenters. The van der Waals surface area contributed by atoms with E-state index in [0.29, 0.717) is 0 Å². The maximum Gasteiger partial charge on any atom is 0.272 e. The van der Waals surface area contributed by atoms with Crippen LogP contribution in [0.15, 0.2) is 16.1 Å². The van der Waals surface area contributed by atoms with Crippen molar-refractivity contribution in [3.63, 3.8) is 0 Å². The van der Waals surface area contributed by atoms with Gasteiger partial charge in [0.1, 0.15) is 0 Å². The standard InChI is InChI=1S/C6H7NO/c1-4-3-7-6(8)5(4)2/h3H,1-2H3. The smallest absolute Gasteiger partial charge is 0.267 e. The van der Waals surface area contributed by atoms with E-state index in [-0.39, 0.29) is 5.91 Å². The fourth-order valence-electron chi connectivity index (χ4n) is 0.518. The van der Waals surface area contributed by atoms with Gasteiger partial charge in [0.05, 0.1) is 0 Å². The van der Waals surface area contributed by atoms with Gasteiger partial charge in [-0.3, -0.25) is 4.79 Å². The van der Waals surface area contributed by atoms with E-state index in [1.807, 2.05) is 6.92 Å². The van der Waals surface area contributed by atoms with Crippen LogP contribution in [-0.4, -0.2) is 12.1 Å². The number of carbonyl (C=O) groups is 1. The number of aliphatic imine (C=N–C) groups is 1. The quantitative estimate of drug-likeness (QED) is 0.455. The molecule has 8 heavy (non-hydrogen) atoms. The Morgan fingerprint density at radius 3 is 2.25 bits per heavy atom. The Hall–Kier alpha value is -0.920. The minimum absolute atomic E-state index is 0.0949. The molecule has 2 nitrogen and oxygen atoms in total. The van der Waals surface area contributed by atoms with Gasteiger partial charge in [-0.05, 0) is 19.4 Å². The Labute approximate surface area is 47.9 Å². The van der Waals surface area contributed by atoms with E-state index in [9.17, 15) is 4.79 Å². The Morgan fingerprint density at radius 2 is 2.12 bits per heavy atom. The lowest BCUT2D eigenvalue weighted by Crippen LogP contribution is -1.88. The maximum atomic E-state index is 10.5. The van der Waals surface area contributed by atoms with Crippen LogP contribution in [0, 0.1) is 0 Å². The summed E-state index contributed by atoms with van der Waals surface area (Å²) in [5.41, 5.74) is 1.75. The summed E-state index contributed by atoms with van der Waals surface area (Å²) in [5.74, 6) is -0.0949. The first-order valence-electron chi connectivity index (χ1n) is 2.47. The summed E-state index contributed by atoms with van der Waals surface area (Å²) in [7, 11) is 0. The van der Waals surface area contributed by atoms with Gasteiger partial charge < -0.3 is 0 Å². The average Bonchev–Trinajstić information content (AvgIpc) is 1.98. The van der Waals surface area contributed by atoms with E-state index in [0.717, 1.165) is 11.1 Å². The summed E-state index contributed by atoms with van der Waals surface area (Å²) in [5, 5.41) is 0. The third kappa shape index (κ3) is 0.579. The lowest BCUT2D eigenvalue weighted by molar-refractivity contribution is -0.114. The molecule has 0 radical (unpaired) electrons. The second-order valence-electron chi connectivity index (χ2n) is 1.87. The van der Waals surface area contributed by atoms with Crippen LogP contribution < -0.4 is 0 Å². The van der Waals surface area contributed by atoms with Gasteiger partial charge in [-0.25, -0.2) is 4.99 Å². The molecule has 0 aliphatic carbocycles. The van der Waals surface area contributed by atoms with Crippen molar-refractivity contribution in [2.45, 2.75) is 13.8 Å². The number of hydrogen-bond donors (Lipinski definition) is 0. The highest BCUT2D eigenvalue weighted by Gasteiger charge is 2.09. The summed E-state index contributed by atoms with van der Waals surface area (Å²) in [6, 6.07) is 0. The molecule has 0 fully saturated rings. The SMILES string of the molecule is CC1=C(C)C(=O)N=C1. The first-order chi connectivity index (χ1) is 3.72. The second-order valence-corrected chi connectivity index (χ2v) is 1.87. The molecule has 0 N–H and O–H groups in total. The first kappa shape index (κ1) is 5.22. The van der Waals surface area contributed by atoms with Gasteiger partial charge in [0, 0.05) is 11.8 Å². The van der Waals surface area contributed by atoms with Gasteiger partial charge in [-0.15, -0.1) is 0 Å². The van der Waals surface area contributed by atoms with Gasteiger partial charge in [-0.1, -0.05) is 0 Å². The Kier molecular flexibility index (Phi) is 1.01. The van der Waals surface area contributed by atoms with Gasteiger partial charge in [0.2, 0.25) is 0 Å². The summed E-state index contributed by atoms with van der Waals surface area (Å²) in [4.78, 5) is 14.1. The van der Waals surface area contributed by atoms with Crippen molar-refractivity contribution in [1.29, 1.82) is 0 Å². The monoisotopic (exact) mass is 109 g/mol. The Balaban J connectivity index is 3.02. The summed E-state index contributed by atoms with van der Waals surface area (Å²) in [6.45, 7) is 3.66. The van der Waals surface area contributed by atoms with Crippen LogP contribution in [-0.2, 0) is 4.79 Å². The average molecular weight is 109 g/mol. The van der Waals surface area contributed by atoms with Crippen molar-refractivity contribution >= 4 is 12.1 Å². The van der Waals surface area contributed by atoms with E-state index >= 15 is 0 Å². The molecule has 0 aromatic carbocycles. The molecule has 0 aromatic rings. The molecule has 0 bridgehead atoms. The van der Waals surface area contributed by atoms with Gasteiger partial charge in [0.25, 0.3) is 5.91 Å². The highest BCUT2D eigenvalue weighted by Crippen LogP contribution is 2.08. The van der Waals surface area contributed by atoms with E-state index in [4.69, 9.17) is 0 Å². The second kappa shape index (κ2) is 1.54. The van der Waals surface area contributed by atoms with E-state index in [1.165, 1.54) is 0 Å². The molecule has 0 saturated carbocycles. The number of nitrogens with zero attached hydrogens (tertiary/aromatic N) is 1. The minimum Gasteiger partial charge on any atom is -0.267 e. The zero-order chi connectivity index (χ0) is 6.15. The topological polar surface area (TPSA) is 29.4 Å². The van der Waals surface area contributed by atoms with Crippen molar-refractivity contribution in [3.8, 4) is 0 Å².